The van der Waals surface area contributed by atoms with Crippen LogP contribution in [0.3, 0.4) is 0 Å². The van der Waals surface area contributed by atoms with Gasteiger partial charge in [0.1, 0.15) is 5.69 Å². The van der Waals surface area contributed by atoms with E-state index in [1.807, 2.05) is 30.3 Å². The van der Waals surface area contributed by atoms with Gasteiger partial charge in [-0.3, -0.25) is 14.7 Å². The fraction of sp³-hybridized carbons (Fsp3) is 0. The van der Waals surface area contributed by atoms with Crippen LogP contribution in [0, 0.1) is 5.82 Å². The number of fused-ring (bicyclic) bond motifs is 1. The van der Waals surface area contributed by atoms with E-state index < -0.39 is 16.9 Å². The van der Waals surface area contributed by atoms with Crippen LogP contribution in [0.4, 0.5) is 15.8 Å². The molecular formula is C18H12FN5O2. The number of nitrogens with zero attached hydrogens (tertiary/aromatic N) is 3. The van der Waals surface area contributed by atoms with Crippen molar-refractivity contribution in [1.29, 1.82) is 0 Å². The lowest BCUT2D eigenvalue weighted by atomic mass is 10.1. The van der Waals surface area contributed by atoms with Gasteiger partial charge in [-0.05, 0) is 17.7 Å². The number of nitrogens with one attached hydrogen (secondary N) is 2. The Morgan fingerprint density at radius 2 is 1.65 bits per heavy atom. The summed E-state index contributed by atoms with van der Waals surface area (Å²) in [6.45, 7) is 0. The van der Waals surface area contributed by atoms with E-state index >= 15 is 0 Å². The van der Waals surface area contributed by atoms with Crippen LogP contribution >= 0.6 is 0 Å². The van der Waals surface area contributed by atoms with Gasteiger partial charge in [0.15, 0.2) is 17.2 Å². The number of H-pyrrole nitrogens is 2. The highest BCUT2D eigenvalue weighted by Crippen LogP contribution is 2.22. The summed E-state index contributed by atoms with van der Waals surface area (Å²) in [6.07, 6.45) is 0. The minimum atomic E-state index is -0.608. The molecule has 26 heavy (non-hydrogen) atoms. The minimum Gasteiger partial charge on any atom is -0.337 e. The van der Waals surface area contributed by atoms with Gasteiger partial charge < -0.3 is 4.98 Å². The number of aromatic amines is 2. The van der Waals surface area contributed by atoms with Crippen LogP contribution < -0.4 is 11.1 Å². The maximum Gasteiger partial charge on any atom is 0.294 e. The molecule has 0 unspecified atom stereocenters. The summed E-state index contributed by atoms with van der Waals surface area (Å²) in [4.78, 5) is 27.5. The van der Waals surface area contributed by atoms with Gasteiger partial charge in [0, 0.05) is 6.07 Å². The molecule has 0 aliphatic heterocycles. The highest BCUT2D eigenvalue weighted by Gasteiger charge is 2.13. The van der Waals surface area contributed by atoms with E-state index in [4.69, 9.17) is 0 Å². The van der Waals surface area contributed by atoms with Gasteiger partial charge in [-0.25, -0.2) is 4.39 Å². The monoisotopic (exact) mass is 349 g/mol. The lowest BCUT2D eigenvalue weighted by Gasteiger charge is -2.02. The first kappa shape index (κ1) is 15.7. The van der Waals surface area contributed by atoms with Gasteiger partial charge in [-0.15, -0.1) is 10.2 Å². The van der Waals surface area contributed by atoms with Crippen LogP contribution in [0.15, 0.2) is 80.5 Å². The Morgan fingerprint density at radius 3 is 2.42 bits per heavy atom. The van der Waals surface area contributed by atoms with Crippen molar-refractivity contribution in [2.45, 2.75) is 0 Å². The van der Waals surface area contributed by atoms with Gasteiger partial charge in [0.25, 0.3) is 11.1 Å². The highest BCUT2D eigenvalue weighted by molar-refractivity contribution is 5.68. The maximum absolute atomic E-state index is 13.7. The summed E-state index contributed by atoms with van der Waals surface area (Å²) in [5.41, 5.74) is 0.303. The average molecular weight is 349 g/mol. The van der Waals surface area contributed by atoms with Crippen molar-refractivity contribution < 1.29 is 4.39 Å². The third kappa shape index (κ3) is 2.73. The summed E-state index contributed by atoms with van der Waals surface area (Å²) in [7, 11) is 0. The molecule has 0 radical (unpaired) electrons. The van der Waals surface area contributed by atoms with Crippen molar-refractivity contribution in [2.24, 2.45) is 10.2 Å². The van der Waals surface area contributed by atoms with Crippen LogP contribution in [0.2, 0.25) is 0 Å². The van der Waals surface area contributed by atoms with Crippen molar-refractivity contribution in [2.75, 3.05) is 0 Å². The third-order valence-electron chi connectivity index (χ3n) is 3.81. The number of hydrogen-bond donors (Lipinski definition) is 2. The zero-order chi connectivity index (χ0) is 18.1. The summed E-state index contributed by atoms with van der Waals surface area (Å²) < 4.78 is 14.7. The predicted molar refractivity (Wildman–Crippen MR) is 94.7 cm³/mol. The van der Waals surface area contributed by atoms with Crippen molar-refractivity contribution in [3.63, 3.8) is 0 Å². The zero-order valence-corrected chi connectivity index (χ0v) is 13.3. The van der Waals surface area contributed by atoms with Crippen LogP contribution in [0.5, 0.6) is 0 Å². The fourth-order valence-electron chi connectivity index (χ4n) is 2.56. The van der Waals surface area contributed by atoms with Crippen LogP contribution in [0.25, 0.3) is 16.9 Å². The first-order valence-corrected chi connectivity index (χ1v) is 7.73. The largest absolute Gasteiger partial charge is 0.337 e. The molecule has 128 valence electrons. The van der Waals surface area contributed by atoms with Crippen molar-refractivity contribution in [3.8, 4) is 11.3 Å². The van der Waals surface area contributed by atoms with Gasteiger partial charge in [-0.2, -0.15) is 4.52 Å². The summed E-state index contributed by atoms with van der Waals surface area (Å²) in [5, 5.41) is 10.0. The number of hydrogen-bond acceptors (Lipinski definition) is 4. The molecule has 2 aromatic carbocycles. The Hall–Kier alpha value is -3.81. The molecule has 0 saturated carbocycles. The van der Waals surface area contributed by atoms with E-state index in [-0.39, 0.29) is 17.0 Å². The molecule has 0 bridgehead atoms. The molecule has 0 atom stereocenters. The number of halogens is 1. The topological polar surface area (TPSA) is 94.8 Å². The number of benzene rings is 2. The number of azo groups is 1. The molecular weight excluding hydrogens is 337 g/mol. The van der Waals surface area contributed by atoms with E-state index in [1.54, 1.807) is 6.07 Å². The molecule has 0 aliphatic rings. The quantitative estimate of drug-likeness (QED) is 0.554. The van der Waals surface area contributed by atoms with Gasteiger partial charge in [0.05, 0.1) is 5.69 Å². The summed E-state index contributed by atoms with van der Waals surface area (Å²) in [5.74, 6) is -0.560. The summed E-state index contributed by atoms with van der Waals surface area (Å²) in [6, 6.07) is 16.4. The van der Waals surface area contributed by atoms with Crippen molar-refractivity contribution >= 4 is 17.0 Å². The smallest absolute Gasteiger partial charge is 0.294 e. The number of rotatable bonds is 3. The Labute approximate surface area is 145 Å². The molecule has 0 aliphatic carbocycles. The van der Waals surface area contributed by atoms with Gasteiger partial charge in [-0.1, -0.05) is 42.5 Å². The molecule has 4 aromatic rings. The van der Waals surface area contributed by atoms with Crippen LogP contribution in [-0.4, -0.2) is 14.6 Å². The molecule has 0 spiro atoms. The van der Waals surface area contributed by atoms with Crippen molar-refractivity contribution in [1.82, 2.24) is 14.6 Å². The minimum absolute atomic E-state index is 0.00666. The Balaban J connectivity index is 1.89. The molecule has 0 fully saturated rings. The van der Waals surface area contributed by atoms with E-state index in [1.165, 1.54) is 24.3 Å². The van der Waals surface area contributed by atoms with Crippen LogP contribution in [0.1, 0.15) is 0 Å². The molecule has 4 rings (SSSR count). The fourth-order valence-corrected chi connectivity index (χ4v) is 2.56. The first-order chi connectivity index (χ1) is 12.6. The molecule has 7 nitrogen and oxygen atoms in total. The second-order valence-corrected chi connectivity index (χ2v) is 5.51. The normalized spacial score (nSPS) is 11.4. The zero-order valence-electron chi connectivity index (χ0n) is 13.3. The first-order valence-electron chi connectivity index (χ1n) is 7.73. The Kier molecular flexibility index (Phi) is 3.77. The van der Waals surface area contributed by atoms with E-state index in [0.717, 1.165) is 10.1 Å². The standard InChI is InChI=1S/C18H12FN5O2/c19-12-8-4-5-9-13(12)21-22-16-17-20-14(11-6-2-1-3-7-11)10-15(25)24(17)23-18(16)26/h1-10,20H,(H,23,26). The maximum atomic E-state index is 13.7. The Morgan fingerprint density at radius 1 is 0.923 bits per heavy atom. The van der Waals surface area contributed by atoms with Crippen LogP contribution in [-0.2, 0) is 0 Å². The van der Waals surface area contributed by atoms with E-state index in [0.29, 0.717) is 5.69 Å². The average Bonchev–Trinajstić information content (AvgIpc) is 2.98. The predicted octanol–water partition coefficient (Wildman–Crippen LogP) is 3.54. The van der Waals surface area contributed by atoms with Gasteiger partial charge in [0.2, 0.25) is 0 Å². The Bertz CT molecular complexity index is 1240. The molecule has 2 aromatic heterocycles. The molecule has 0 amide bonds. The lowest BCUT2D eigenvalue weighted by Crippen LogP contribution is -2.15. The lowest BCUT2D eigenvalue weighted by molar-refractivity contribution is 0.628. The van der Waals surface area contributed by atoms with E-state index in [9.17, 15) is 14.0 Å². The molecule has 2 heterocycles. The highest BCUT2D eigenvalue weighted by atomic mass is 19.1. The van der Waals surface area contributed by atoms with E-state index in [2.05, 4.69) is 20.3 Å². The molecule has 0 saturated heterocycles. The molecule has 8 heteroatoms. The number of aromatic nitrogens is 3. The second-order valence-electron chi connectivity index (χ2n) is 5.51. The SMILES string of the molecule is O=c1[nH]n2c(=O)cc(-c3ccccc3)[nH]c2c1N=Nc1ccccc1F. The second kappa shape index (κ2) is 6.25. The van der Waals surface area contributed by atoms with Crippen molar-refractivity contribution in [3.05, 3.63) is 87.2 Å². The molecule has 2 N–H and O–H groups in total. The third-order valence-corrected chi connectivity index (χ3v) is 3.81. The van der Waals surface area contributed by atoms with Gasteiger partial charge >= 0.3 is 0 Å². The summed E-state index contributed by atoms with van der Waals surface area (Å²) >= 11 is 0.